The lowest BCUT2D eigenvalue weighted by Gasteiger charge is -2.35. The summed E-state index contributed by atoms with van der Waals surface area (Å²) in [4.78, 5) is 59.5. The van der Waals surface area contributed by atoms with Crippen molar-refractivity contribution in [3.63, 3.8) is 0 Å². The lowest BCUT2D eigenvalue weighted by molar-refractivity contribution is -0.134. The number of hydrogen-bond acceptors (Lipinski definition) is 10. The number of nitrogens with one attached hydrogen (secondary N) is 4. The molecule has 2 fully saturated rings. The molecule has 2 aliphatic heterocycles. The number of carbonyl (C=O) groups excluding carboxylic acids is 3. The lowest BCUT2D eigenvalue weighted by Crippen LogP contribution is -2.54. The molecule has 0 radical (unpaired) electrons. The Morgan fingerprint density at radius 2 is 1.34 bits per heavy atom. The summed E-state index contributed by atoms with van der Waals surface area (Å²) in [6.07, 6.45) is 2.83. The number of nitrogens with zero attached hydrogens (tertiary/aromatic N) is 4. The van der Waals surface area contributed by atoms with Gasteiger partial charge < -0.3 is 40.1 Å². The monoisotopic (exact) mass is 862 g/mol. The van der Waals surface area contributed by atoms with Crippen molar-refractivity contribution in [3.8, 4) is 33.6 Å². The summed E-state index contributed by atoms with van der Waals surface area (Å²) in [5.74, 6) is 1.39. The first-order chi connectivity index (χ1) is 29.6. The third-order valence-electron chi connectivity index (χ3n) is 11.5. The number of benzene rings is 3. The zero-order valence-electron chi connectivity index (χ0n) is 36.3. The van der Waals surface area contributed by atoms with Gasteiger partial charge in [-0.1, -0.05) is 99.6 Å². The minimum Gasteiger partial charge on any atom is -0.453 e. The Labute approximate surface area is 368 Å². The second kappa shape index (κ2) is 18.8. The van der Waals surface area contributed by atoms with Crippen LogP contribution in [0.5, 0.6) is 0 Å². The lowest BCUT2D eigenvalue weighted by atomic mass is 10.0. The van der Waals surface area contributed by atoms with E-state index < -0.39 is 36.1 Å². The molecule has 15 heteroatoms. The third-order valence-corrected chi connectivity index (χ3v) is 11.9. The van der Waals surface area contributed by atoms with Crippen LogP contribution >= 0.6 is 12.6 Å². The number of thiol groups is 1. The Balaban J connectivity index is 1.02. The number of H-pyrrole nitrogens is 2. The summed E-state index contributed by atoms with van der Waals surface area (Å²) in [5.41, 5.74) is 5.69. The van der Waals surface area contributed by atoms with E-state index in [0.717, 1.165) is 45.9 Å². The minimum absolute atomic E-state index is 0.0295. The first-order valence-corrected chi connectivity index (χ1v) is 21.7. The van der Waals surface area contributed by atoms with Crippen LogP contribution in [0.2, 0.25) is 0 Å². The van der Waals surface area contributed by atoms with Gasteiger partial charge in [0, 0.05) is 18.3 Å². The maximum Gasteiger partial charge on any atom is 0.408 e. The molecule has 2 aromatic heterocycles. The number of amides is 3. The number of rotatable bonds is 12. The summed E-state index contributed by atoms with van der Waals surface area (Å²) in [6.45, 7) is 12.4. The van der Waals surface area contributed by atoms with Gasteiger partial charge in [0.2, 0.25) is 0 Å². The Kier molecular flexibility index (Phi) is 13.4. The smallest absolute Gasteiger partial charge is 0.408 e. The molecule has 2 aliphatic rings. The summed E-state index contributed by atoms with van der Waals surface area (Å²) >= 11 is 4.74. The average Bonchev–Trinajstić information content (AvgIpc) is 4.08. The summed E-state index contributed by atoms with van der Waals surface area (Å²) in [6, 6.07) is 23.8. The molecule has 0 aliphatic carbocycles. The van der Waals surface area contributed by atoms with Gasteiger partial charge >= 0.3 is 12.2 Å². The number of aromatic nitrogens is 4. The van der Waals surface area contributed by atoms with E-state index in [0.29, 0.717) is 30.9 Å². The van der Waals surface area contributed by atoms with Crippen LogP contribution in [0.25, 0.3) is 33.6 Å². The predicted molar refractivity (Wildman–Crippen MR) is 241 cm³/mol. The van der Waals surface area contributed by atoms with Crippen LogP contribution < -0.4 is 10.6 Å². The Morgan fingerprint density at radius 1 is 0.790 bits per heavy atom. The zero-order valence-corrected chi connectivity index (χ0v) is 37.2. The highest BCUT2D eigenvalue weighted by atomic mass is 32.1. The van der Waals surface area contributed by atoms with Crippen molar-refractivity contribution in [2.24, 2.45) is 11.8 Å². The quantitative estimate of drug-likeness (QED) is 0.0678. The van der Waals surface area contributed by atoms with E-state index in [9.17, 15) is 19.5 Å². The molecular weight excluding hydrogens is 805 g/mol. The fourth-order valence-corrected chi connectivity index (χ4v) is 8.84. The van der Waals surface area contributed by atoms with Crippen LogP contribution in [0.15, 0.2) is 91.3 Å². The molecule has 3 aromatic carbocycles. The number of alkyl carbamates (subject to hydrolysis) is 2. The van der Waals surface area contributed by atoms with E-state index in [1.54, 1.807) is 27.0 Å². The van der Waals surface area contributed by atoms with Crippen molar-refractivity contribution in [3.05, 3.63) is 108 Å². The summed E-state index contributed by atoms with van der Waals surface area (Å²) in [7, 11) is 1.31. The maximum atomic E-state index is 14.3. The number of ether oxygens (including phenoxy) is 2. The SMILES string of the molecule is COC(=O)NC(C(C)C)C(O)N1CC(S)CC1c1ncc(-c2ccc(-c3ccc(-c4cnc(C5CC(C)CN5C(=O)C(NC(=O)OC(C)(C)C)c5ccccc5)[nH]4)cc3)cc2)[nH]1. The summed E-state index contributed by atoms with van der Waals surface area (Å²) in [5, 5.41) is 17.1. The molecule has 5 N–H and O–H groups in total. The van der Waals surface area contributed by atoms with Gasteiger partial charge in [-0.05, 0) is 73.3 Å². The average molecular weight is 863 g/mol. The molecule has 7 rings (SSSR count). The van der Waals surface area contributed by atoms with Crippen LogP contribution in [0.1, 0.15) is 89.7 Å². The van der Waals surface area contributed by atoms with Gasteiger partial charge in [0.15, 0.2) is 0 Å². The highest BCUT2D eigenvalue weighted by molar-refractivity contribution is 7.81. The van der Waals surface area contributed by atoms with E-state index in [1.807, 2.05) is 60.2 Å². The second-order valence-corrected chi connectivity index (χ2v) is 18.5. The van der Waals surface area contributed by atoms with Crippen molar-refractivity contribution < 1.29 is 29.0 Å². The molecule has 0 bridgehead atoms. The van der Waals surface area contributed by atoms with E-state index >= 15 is 0 Å². The maximum absolute atomic E-state index is 14.3. The second-order valence-electron chi connectivity index (χ2n) is 17.8. The van der Waals surface area contributed by atoms with Crippen LogP contribution in [-0.4, -0.2) is 96.3 Å². The standard InChI is InChI=1S/C47H58N8O6S/c1-27(2)39(52-45(58)60-7)43(56)55-26-34(62)22-38(55)42-49-24-36(51-42)32-19-15-30(16-20-32)29-13-17-31(18-14-29)35-23-48-41(50-35)37-21-28(3)25-54(37)44(57)40(33-11-9-8-10-12-33)53-46(59)61-47(4,5)6/h8-20,23-24,27-28,34,37-40,43,56,62H,21-22,25-26H2,1-7H3,(H,48,50)(H,49,51)(H,52,58)(H,53,59). The molecule has 2 saturated heterocycles. The van der Waals surface area contributed by atoms with Crippen molar-refractivity contribution in [1.82, 2.24) is 40.4 Å². The fourth-order valence-electron chi connectivity index (χ4n) is 8.45. The van der Waals surface area contributed by atoms with E-state index in [2.05, 4.69) is 76.1 Å². The molecule has 0 saturated carbocycles. The van der Waals surface area contributed by atoms with Gasteiger partial charge in [-0.2, -0.15) is 12.6 Å². The molecular formula is C47H58N8O6S. The number of imidazole rings is 2. The van der Waals surface area contributed by atoms with Crippen molar-refractivity contribution >= 4 is 30.7 Å². The molecule has 3 amide bonds. The Bertz CT molecular complexity index is 2310. The van der Waals surface area contributed by atoms with Gasteiger partial charge in [0.1, 0.15) is 29.5 Å². The number of aliphatic hydroxyl groups is 1. The topological polar surface area (TPSA) is 178 Å². The number of likely N-dealkylation sites (tertiary alicyclic amines) is 2. The van der Waals surface area contributed by atoms with Crippen LogP contribution in [0.4, 0.5) is 9.59 Å². The van der Waals surface area contributed by atoms with Crippen LogP contribution in [0, 0.1) is 11.8 Å². The molecule has 328 valence electrons. The van der Waals surface area contributed by atoms with Crippen LogP contribution in [0.3, 0.4) is 0 Å². The number of aromatic amines is 2. The molecule has 5 aromatic rings. The van der Waals surface area contributed by atoms with Crippen molar-refractivity contribution in [2.75, 3.05) is 20.2 Å². The first kappa shape index (κ1) is 44.4. The van der Waals surface area contributed by atoms with Gasteiger partial charge in [0.05, 0.1) is 49.0 Å². The summed E-state index contributed by atoms with van der Waals surface area (Å²) < 4.78 is 10.3. The number of methoxy groups -OCH3 is 1. The molecule has 0 spiro atoms. The van der Waals surface area contributed by atoms with Crippen LogP contribution in [-0.2, 0) is 14.3 Å². The first-order valence-electron chi connectivity index (χ1n) is 21.2. The van der Waals surface area contributed by atoms with E-state index in [4.69, 9.17) is 32.1 Å². The van der Waals surface area contributed by atoms with E-state index in [-0.39, 0.29) is 35.1 Å². The van der Waals surface area contributed by atoms with Gasteiger partial charge in [-0.3, -0.25) is 9.69 Å². The predicted octanol–water partition coefficient (Wildman–Crippen LogP) is 8.05. The molecule has 62 heavy (non-hydrogen) atoms. The Morgan fingerprint density at radius 3 is 1.87 bits per heavy atom. The number of hydrogen-bond donors (Lipinski definition) is 6. The highest BCUT2D eigenvalue weighted by Gasteiger charge is 2.42. The van der Waals surface area contributed by atoms with Crippen molar-refractivity contribution in [2.45, 2.75) is 95.6 Å². The highest BCUT2D eigenvalue weighted by Crippen LogP contribution is 2.39. The third kappa shape index (κ3) is 10.2. The van der Waals surface area contributed by atoms with Gasteiger partial charge in [-0.25, -0.2) is 19.6 Å². The number of aliphatic hydroxyl groups excluding tert-OH is 1. The van der Waals surface area contributed by atoms with E-state index in [1.165, 1.54) is 7.11 Å². The normalized spacial score (nSPS) is 20.8. The molecule has 4 heterocycles. The zero-order chi connectivity index (χ0) is 44.3. The van der Waals surface area contributed by atoms with Gasteiger partial charge in [-0.15, -0.1) is 0 Å². The van der Waals surface area contributed by atoms with Gasteiger partial charge in [0.25, 0.3) is 5.91 Å². The largest absolute Gasteiger partial charge is 0.453 e. The fraction of sp³-hybridized carbons (Fsp3) is 0.426. The molecule has 7 atom stereocenters. The molecule has 14 nitrogen and oxygen atoms in total. The number of carbonyl (C=O) groups is 3. The van der Waals surface area contributed by atoms with Crippen molar-refractivity contribution in [1.29, 1.82) is 0 Å². The Hall–Kier alpha value is -5.64. The molecule has 7 unspecified atom stereocenters. The minimum atomic E-state index is -0.961.